The minimum Gasteiger partial charge on any atom is -0.340 e. The summed E-state index contributed by atoms with van der Waals surface area (Å²) in [6, 6.07) is 8.19. The van der Waals surface area contributed by atoms with E-state index < -0.39 is 0 Å². The summed E-state index contributed by atoms with van der Waals surface area (Å²) in [6.07, 6.45) is 9.04. The smallest absolute Gasteiger partial charge is 0.262 e. The van der Waals surface area contributed by atoms with Gasteiger partial charge in [-0.05, 0) is 56.2 Å². The van der Waals surface area contributed by atoms with Gasteiger partial charge in [-0.15, -0.1) is 22.7 Å². The van der Waals surface area contributed by atoms with Crippen LogP contribution < -0.4 is 5.56 Å². The molecule has 0 N–H and O–H groups in total. The SMILES string of the molecule is O=C(Cn1cnc2sc3c(c2c1=O)CCCCC3)N1CCC[C@@H](c2nc3ccccc3s2)C1. The highest BCUT2D eigenvalue weighted by atomic mass is 32.1. The lowest BCUT2D eigenvalue weighted by Crippen LogP contribution is -2.42. The van der Waals surface area contributed by atoms with Gasteiger partial charge < -0.3 is 4.90 Å². The lowest BCUT2D eigenvalue weighted by atomic mass is 9.98. The average Bonchev–Trinajstić information content (AvgIpc) is 3.35. The second-order valence-electron chi connectivity index (χ2n) is 9.12. The number of para-hydroxylation sites is 1. The Morgan fingerprint density at radius 3 is 2.88 bits per heavy atom. The highest BCUT2D eigenvalue weighted by Crippen LogP contribution is 2.34. The Hall–Kier alpha value is -2.58. The van der Waals surface area contributed by atoms with Crippen molar-refractivity contribution in [3.8, 4) is 0 Å². The van der Waals surface area contributed by atoms with Crippen molar-refractivity contribution in [1.82, 2.24) is 19.4 Å². The Kier molecular flexibility index (Phi) is 5.50. The first kappa shape index (κ1) is 21.0. The van der Waals surface area contributed by atoms with Gasteiger partial charge in [0.2, 0.25) is 5.91 Å². The van der Waals surface area contributed by atoms with Crippen molar-refractivity contribution in [2.45, 2.75) is 57.4 Å². The first-order chi connectivity index (χ1) is 16.2. The highest BCUT2D eigenvalue weighted by Gasteiger charge is 2.28. The van der Waals surface area contributed by atoms with Crippen LogP contribution in [0.2, 0.25) is 0 Å². The van der Waals surface area contributed by atoms with E-state index in [1.165, 1.54) is 32.5 Å². The van der Waals surface area contributed by atoms with E-state index in [1.54, 1.807) is 29.0 Å². The number of hydrogen-bond donors (Lipinski definition) is 0. The molecule has 1 aromatic carbocycles. The van der Waals surface area contributed by atoms with Gasteiger partial charge in [-0.25, -0.2) is 9.97 Å². The van der Waals surface area contributed by atoms with Crippen LogP contribution >= 0.6 is 22.7 Å². The normalized spacial score (nSPS) is 19.0. The summed E-state index contributed by atoms with van der Waals surface area (Å²) < 4.78 is 2.71. The molecule has 1 aliphatic carbocycles. The molecule has 33 heavy (non-hydrogen) atoms. The maximum absolute atomic E-state index is 13.3. The van der Waals surface area contributed by atoms with E-state index in [0.717, 1.165) is 59.4 Å². The van der Waals surface area contributed by atoms with Gasteiger partial charge in [-0.1, -0.05) is 18.6 Å². The molecule has 0 radical (unpaired) electrons. The number of rotatable bonds is 3. The summed E-state index contributed by atoms with van der Waals surface area (Å²) in [5.74, 6) is 0.246. The molecule has 6 rings (SSSR count). The maximum atomic E-state index is 13.3. The molecule has 0 unspecified atom stereocenters. The minimum atomic E-state index is -0.0625. The second-order valence-corrected chi connectivity index (χ2v) is 11.3. The van der Waals surface area contributed by atoms with Crippen molar-refractivity contribution in [1.29, 1.82) is 0 Å². The first-order valence-electron chi connectivity index (χ1n) is 11.8. The quantitative estimate of drug-likeness (QED) is 0.399. The molecular weight excluding hydrogens is 452 g/mol. The second kappa shape index (κ2) is 8.65. The van der Waals surface area contributed by atoms with E-state index in [-0.39, 0.29) is 23.9 Å². The summed E-state index contributed by atoms with van der Waals surface area (Å²) in [5, 5.41) is 1.85. The van der Waals surface area contributed by atoms with Crippen molar-refractivity contribution < 1.29 is 4.79 Å². The molecule has 0 spiro atoms. The van der Waals surface area contributed by atoms with Gasteiger partial charge in [0.05, 0.1) is 26.9 Å². The predicted molar refractivity (Wildman–Crippen MR) is 133 cm³/mol. The molecule has 6 nitrogen and oxygen atoms in total. The molecule has 3 aromatic heterocycles. The molecule has 4 heterocycles. The summed E-state index contributed by atoms with van der Waals surface area (Å²) in [7, 11) is 0. The van der Waals surface area contributed by atoms with Crippen molar-refractivity contribution in [2.75, 3.05) is 13.1 Å². The molecule has 1 amide bonds. The molecule has 0 bridgehead atoms. The zero-order valence-corrected chi connectivity index (χ0v) is 20.1. The van der Waals surface area contributed by atoms with E-state index in [4.69, 9.17) is 4.98 Å². The molecular formula is C25H26N4O2S2. The van der Waals surface area contributed by atoms with Crippen molar-refractivity contribution >= 4 is 49.0 Å². The fraction of sp³-hybridized carbons (Fsp3) is 0.440. The molecule has 4 aromatic rings. The van der Waals surface area contributed by atoms with Crippen LogP contribution in [0.3, 0.4) is 0 Å². The zero-order valence-electron chi connectivity index (χ0n) is 18.5. The predicted octanol–water partition coefficient (Wildman–Crippen LogP) is 4.74. The van der Waals surface area contributed by atoms with Crippen LogP contribution in [0.1, 0.15) is 53.5 Å². The van der Waals surface area contributed by atoms with Gasteiger partial charge in [0, 0.05) is 23.9 Å². The van der Waals surface area contributed by atoms with Crippen molar-refractivity contribution in [3.05, 3.63) is 56.4 Å². The first-order valence-corrected chi connectivity index (χ1v) is 13.4. The van der Waals surface area contributed by atoms with Crippen LogP contribution in [0.4, 0.5) is 0 Å². The van der Waals surface area contributed by atoms with Gasteiger partial charge in [0.1, 0.15) is 11.4 Å². The van der Waals surface area contributed by atoms with Gasteiger partial charge >= 0.3 is 0 Å². The van der Waals surface area contributed by atoms with E-state index in [1.807, 2.05) is 23.1 Å². The number of amides is 1. The Labute approximate surface area is 199 Å². The standard InChI is InChI=1S/C25H26N4O2S2/c30-21(28-12-6-7-16(13-28)23-27-18-9-4-5-11-20(18)33-23)14-29-15-26-24-22(25(29)31)17-8-2-1-3-10-19(17)32-24/h4-5,9,11,15-16H,1-3,6-8,10,12-14H2/t16-/m1/s1. The molecule has 8 heteroatoms. The Morgan fingerprint density at radius 2 is 1.97 bits per heavy atom. The fourth-order valence-electron chi connectivity index (χ4n) is 5.19. The number of aryl methyl sites for hydroxylation is 2. The number of thiophene rings is 1. The third-order valence-electron chi connectivity index (χ3n) is 6.93. The molecule has 1 saturated heterocycles. The number of aromatic nitrogens is 3. The molecule has 1 aliphatic heterocycles. The molecule has 0 saturated carbocycles. The Bertz CT molecular complexity index is 1370. The van der Waals surface area contributed by atoms with E-state index in [0.29, 0.717) is 6.54 Å². The van der Waals surface area contributed by atoms with Crippen molar-refractivity contribution in [3.63, 3.8) is 0 Å². The van der Waals surface area contributed by atoms with Gasteiger partial charge in [-0.2, -0.15) is 0 Å². The van der Waals surface area contributed by atoms with Gasteiger partial charge in [0.15, 0.2) is 0 Å². The molecule has 170 valence electrons. The van der Waals surface area contributed by atoms with Crippen LogP contribution in [-0.4, -0.2) is 38.4 Å². The lowest BCUT2D eigenvalue weighted by molar-refractivity contribution is -0.133. The molecule has 2 aliphatic rings. The Balaban J connectivity index is 1.23. The number of benzene rings is 1. The topological polar surface area (TPSA) is 68.1 Å². The summed E-state index contributed by atoms with van der Waals surface area (Å²) in [4.78, 5) is 40.0. The number of carbonyl (C=O) groups is 1. The molecule has 1 fully saturated rings. The average molecular weight is 479 g/mol. The zero-order chi connectivity index (χ0) is 22.4. The number of likely N-dealkylation sites (tertiary alicyclic amines) is 1. The third kappa shape index (κ3) is 3.89. The maximum Gasteiger partial charge on any atom is 0.262 e. The summed E-state index contributed by atoms with van der Waals surface area (Å²) >= 11 is 3.38. The largest absolute Gasteiger partial charge is 0.340 e. The number of nitrogens with zero attached hydrogens (tertiary/aromatic N) is 4. The monoisotopic (exact) mass is 478 g/mol. The van der Waals surface area contributed by atoms with E-state index >= 15 is 0 Å². The van der Waals surface area contributed by atoms with Gasteiger partial charge in [-0.3, -0.25) is 14.2 Å². The highest BCUT2D eigenvalue weighted by molar-refractivity contribution is 7.19. The van der Waals surface area contributed by atoms with E-state index in [9.17, 15) is 9.59 Å². The van der Waals surface area contributed by atoms with Crippen LogP contribution in [0.5, 0.6) is 0 Å². The fourth-order valence-corrected chi connectivity index (χ4v) is 7.50. The molecule has 1 atom stereocenters. The number of hydrogen-bond acceptors (Lipinski definition) is 6. The Morgan fingerprint density at radius 1 is 1.09 bits per heavy atom. The number of thiazole rings is 1. The summed E-state index contributed by atoms with van der Waals surface area (Å²) in [5.41, 5.74) is 2.15. The third-order valence-corrected chi connectivity index (χ3v) is 9.33. The summed E-state index contributed by atoms with van der Waals surface area (Å²) in [6.45, 7) is 1.45. The minimum absolute atomic E-state index is 0.00891. The lowest BCUT2D eigenvalue weighted by Gasteiger charge is -2.32. The number of fused-ring (bicyclic) bond motifs is 4. The van der Waals surface area contributed by atoms with Crippen LogP contribution in [0.25, 0.3) is 20.4 Å². The van der Waals surface area contributed by atoms with Crippen LogP contribution in [0.15, 0.2) is 35.4 Å². The van der Waals surface area contributed by atoms with Crippen LogP contribution in [-0.2, 0) is 24.2 Å². The van der Waals surface area contributed by atoms with E-state index in [2.05, 4.69) is 11.1 Å². The number of piperidine rings is 1. The van der Waals surface area contributed by atoms with Crippen LogP contribution in [0, 0.1) is 0 Å². The number of carbonyl (C=O) groups excluding carboxylic acids is 1. The van der Waals surface area contributed by atoms with Gasteiger partial charge in [0.25, 0.3) is 5.56 Å². The van der Waals surface area contributed by atoms with Crippen molar-refractivity contribution in [2.24, 2.45) is 0 Å².